The molecule has 11 heteroatoms. The number of hydrogen-bond acceptors (Lipinski definition) is 8. The molecule has 9 nitrogen and oxygen atoms in total. The lowest BCUT2D eigenvalue weighted by Gasteiger charge is -2.26. The average molecular weight is 534 g/mol. The van der Waals surface area contributed by atoms with Gasteiger partial charge in [0.25, 0.3) is 0 Å². The molecule has 1 unspecified atom stereocenters. The van der Waals surface area contributed by atoms with Crippen molar-refractivity contribution >= 4 is 32.8 Å². The van der Waals surface area contributed by atoms with Gasteiger partial charge in [0.2, 0.25) is 10.0 Å². The van der Waals surface area contributed by atoms with Gasteiger partial charge in [0.05, 0.1) is 56.0 Å². The highest BCUT2D eigenvalue weighted by molar-refractivity contribution is 7.98. The predicted octanol–water partition coefficient (Wildman–Crippen LogP) is 3.55. The van der Waals surface area contributed by atoms with Crippen LogP contribution in [0.2, 0.25) is 0 Å². The van der Waals surface area contributed by atoms with Crippen molar-refractivity contribution in [3.63, 3.8) is 0 Å². The van der Waals surface area contributed by atoms with Crippen LogP contribution in [-0.4, -0.2) is 75.5 Å². The third-order valence-corrected chi connectivity index (χ3v) is 9.46. The largest absolute Gasteiger partial charge is 0.493 e. The molecule has 1 aromatic heterocycles. The molecule has 2 aliphatic heterocycles. The van der Waals surface area contributed by atoms with Gasteiger partial charge in [-0.15, -0.1) is 0 Å². The number of benzene rings is 2. The summed E-state index contributed by atoms with van der Waals surface area (Å²) in [5, 5.41) is 0.811. The number of morpholine rings is 1. The number of para-hydroxylation sites is 1. The molecule has 2 saturated heterocycles. The Hall–Kier alpha value is -2.31. The first-order chi connectivity index (χ1) is 17.5. The normalized spacial score (nSPS) is 19.1. The smallest absolute Gasteiger partial charge is 0.243 e. The molecular formula is C25H31N3O6S2. The van der Waals surface area contributed by atoms with Crippen molar-refractivity contribution in [2.24, 2.45) is 0 Å². The van der Waals surface area contributed by atoms with Crippen LogP contribution in [0.1, 0.15) is 18.4 Å². The van der Waals surface area contributed by atoms with E-state index in [2.05, 4.69) is 4.57 Å². The molecule has 3 heterocycles. The number of rotatable bonds is 9. The van der Waals surface area contributed by atoms with Gasteiger partial charge in [-0.1, -0.05) is 23.9 Å². The Labute approximate surface area is 215 Å². The molecule has 2 fully saturated rings. The van der Waals surface area contributed by atoms with E-state index in [0.29, 0.717) is 55.6 Å². The van der Waals surface area contributed by atoms with E-state index < -0.39 is 10.0 Å². The molecule has 2 aromatic carbocycles. The zero-order chi connectivity index (χ0) is 25.1. The fourth-order valence-corrected chi connectivity index (χ4v) is 7.10. The molecule has 0 spiro atoms. The summed E-state index contributed by atoms with van der Waals surface area (Å²) in [6, 6.07) is 11.0. The molecule has 0 aliphatic carbocycles. The van der Waals surface area contributed by atoms with E-state index in [9.17, 15) is 8.42 Å². The minimum absolute atomic E-state index is 0.116. The van der Waals surface area contributed by atoms with E-state index in [1.807, 2.05) is 24.3 Å². The Morgan fingerprint density at radius 2 is 1.94 bits per heavy atom. The van der Waals surface area contributed by atoms with Gasteiger partial charge in [0.1, 0.15) is 0 Å². The molecule has 0 radical (unpaired) electrons. The van der Waals surface area contributed by atoms with Gasteiger partial charge in [-0.3, -0.25) is 0 Å². The van der Waals surface area contributed by atoms with Crippen LogP contribution in [0.4, 0.5) is 0 Å². The lowest BCUT2D eigenvalue weighted by molar-refractivity contribution is 0.0730. The van der Waals surface area contributed by atoms with Crippen LogP contribution < -0.4 is 9.47 Å². The zero-order valence-corrected chi connectivity index (χ0v) is 22.1. The number of hydrogen-bond donors (Lipinski definition) is 0. The fourth-order valence-electron chi connectivity index (χ4n) is 4.67. The molecule has 194 valence electrons. The number of sulfonamides is 1. The van der Waals surface area contributed by atoms with Crippen molar-refractivity contribution < 1.29 is 27.4 Å². The van der Waals surface area contributed by atoms with Crippen LogP contribution in [0.5, 0.6) is 11.5 Å². The van der Waals surface area contributed by atoms with Crippen molar-refractivity contribution in [1.29, 1.82) is 0 Å². The second kappa shape index (κ2) is 11.0. The minimum Gasteiger partial charge on any atom is -0.493 e. The van der Waals surface area contributed by atoms with Crippen molar-refractivity contribution in [3.8, 4) is 11.5 Å². The third-order valence-electron chi connectivity index (χ3n) is 6.54. The van der Waals surface area contributed by atoms with E-state index in [1.54, 1.807) is 38.1 Å². The number of imidazole rings is 1. The second-order valence-corrected chi connectivity index (χ2v) is 11.6. The first kappa shape index (κ1) is 25.3. The van der Waals surface area contributed by atoms with Gasteiger partial charge in [-0.05, 0) is 37.1 Å². The standard InChI is InChI=1S/C25H31N3O6S2/c1-31-23-7-3-5-18(24(23)32-2)17-35-25-26-21-15-20(36(29,30)27-10-13-33-14-11-27)8-9-22(21)28(25)16-19-6-4-12-34-19/h3,5,7-9,15,19H,4,6,10-14,16-17H2,1-2H3. The van der Waals surface area contributed by atoms with Gasteiger partial charge >= 0.3 is 0 Å². The molecule has 0 saturated carbocycles. The Kier molecular flexibility index (Phi) is 7.73. The summed E-state index contributed by atoms with van der Waals surface area (Å²) in [5.74, 6) is 2.00. The molecule has 1 atom stereocenters. The minimum atomic E-state index is -3.61. The summed E-state index contributed by atoms with van der Waals surface area (Å²) >= 11 is 1.58. The molecular weight excluding hydrogens is 502 g/mol. The summed E-state index contributed by atoms with van der Waals surface area (Å²) in [4.78, 5) is 5.13. The fraction of sp³-hybridized carbons (Fsp3) is 0.480. The van der Waals surface area contributed by atoms with E-state index >= 15 is 0 Å². The number of thioether (sulfide) groups is 1. The molecule has 3 aromatic rings. The van der Waals surface area contributed by atoms with Crippen LogP contribution in [0.15, 0.2) is 46.5 Å². The predicted molar refractivity (Wildman–Crippen MR) is 137 cm³/mol. The number of methoxy groups -OCH3 is 2. The summed E-state index contributed by atoms with van der Waals surface area (Å²) in [6.07, 6.45) is 2.16. The van der Waals surface area contributed by atoms with Crippen LogP contribution >= 0.6 is 11.8 Å². The molecule has 36 heavy (non-hydrogen) atoms. The Bertz CT molecular complexity index is 1310. The summed E-state index contributed by atoms with van der Waals surface area (Å²) < 4.78 is 52.4. The summed E-state index contributed by atoms with van der Waals surface area (Å²) in [7, 11) is -0.352. The second-order valence-electron chi connectivity index (χ2n) is 8.75. The molecule has 5 rings (SSSR count). The average Bonchev–Trinajstić information content (AvgIpc) is 3.55. The number of nitrogens with zero attached hydrogens (tertiary/aromatic N) is 3. The lowest BCUT2D eigenvalue weighted by atomic mass is 10.2. The van der Waals surface area contributed by atoms with E-state index in [0.717, 1.165) is 35.7 Å². The Morgan fingerprint density at radius 3 is 2.67 bits per heavy atom. The monoisotopic (exact) mass is 533 g/mol. The van der Waals surface area contributed by atoms with Crippen LogP contribution in [-0.2, 0) is 31.8 Å². The maximum absolute atomic E-state index is 13.2. The molecule has 0 amide bonds. The number of aromatic nitrogens is 2. The van der Waals surface area contributed by atoms with Crippen LogP contribution in [0, 0.1) is 0 Å². The maximum atomic E-state index is 13.2. The van der Waals surface area contributed by atoms with Crippen molar-refractivity contribution in [3.05, 3.63) is 42.0 Å². The van der Waals surface area contributed by atoms with Gasteiger partial charge in [-0.25, -0.2) is 13.4 Å². The number of ether oxygens (including phenoxy) is 4. The van der Waals surface area contributed by atoms with E-state index in [-0.39, 0.29) is 11.0 Å². The van der Waals surface area contributed by atoms with Crippen molar-refractivity contribution in [1.82, 2.24) is 13.9 Å². The quantitative estimate of drug-likeness (QED) is 0.386. The maximum Gasteiger partial charge on any atom is 0.243 e. The van der Waals surface area contributed by atoms with E-state index in [4.69, 9.17) is 23.9 Å². The molecule has 0 bridgehead atoms. The lowest BCUT2D eigenvalue weighted by Crippen LogP contribution is -2.40. The van der Waals surface area contributed by atoms with Gasteiger partial charge < -0.3 is 23.5 Å². The van der Waals surface area contributed by atoms with Crippen LogP contribution in [0.3, 0.4) is 0 Å². The molecule has 2 aliphatic rings. The highest BCUT2D eigenvalue weighted by Gasteiger charge is 2.28. The van der Waals surface area contributed by atoms with Crippen LogP contribution in [0.25, 0.3) is 11.0 Å². The van der Waals surface area contributed by atoms with E-state index in [1.165, 1.54) is 4.31 Å². The SMILES string of the molecule is COc1cccc(CSc2nc3cc(S(=O)(=O)N4CCOCC4)ccc3n2CC2CCCO2)c1OC. The topological polar surface area (TPSA) is 92.1 Å². The zero-order valence-electron chi connectivity index (χ0n) is 20.5. The van der Waals surface area contributed by atoms with Crippen molar-refractivity contribution in [2.45, 2.75) is 41.3 Å². The summed E-state index contributed by atoms with van der Waals surface area (Å²) in [5.41, 5.74) is 2.54. The first-order valence-electron chi connectivity index (χ1n) is 12.0. The third kappa shape index (κ3) is 5.08. The van der Waals surface area contributed by atoms with Gasteiger partial charge in [0, 0.05) is 31.0 Å². The Balaban J connectivity index is 1.48. The molecule has 0 N–H and O–H groups in total. The van der Waals surface area contributed by atoms with Crippen molar-refractivity contribution in [2.75, 3.05) is 47.1 Å². The summed E-state index contributed by atoms with van der Waals surface area (Å²) in [6.45, 7) is 2.97. The first-order valence-corrected chi connectivity index (χ1v) is 14.5. The Morgan fingerprint density at radius 1 is 1.11 bits per heavy atom. The van der Waals surface area contributed by atoms with Gasteiger partial charge in [0.15, 0.2) is 16.7 Å². The number of fused-ring (bicyclic) bond motifs is 1. The highest BCUT2D eigenvalue weighted by Crippen LogP contribution is 2.36. The van der Waals surface area contributed by atoms with Gasteiger partial charge in [-0.2, -0.15) is 4.31 Å². The highest BCUT2D eigenvalue weighted by atomic mass is 32.2.